The van der Waals surface area contributed by atoms with E-state index in [1.165, 1.54) is 14.0 Å². The first-order valence-corrected chi connectivity index (χ1v) is 9.76. The summed E-state index contributed by atoms with van der Waals surface area (Å²) in [6.45, 7) is 8.15. The summed E-state index contributed by atoms with van der Waals surface area (Å²) in [6, 6.07) is 0. The minimum atomic E-state index is -1.36. The molecule has 102 valence electrons. The van der Waals surface area contributed by atoms with Crippen LogP contribution in [0.4, 0.5) is 0 Å². The Labute approximate surface area is 109 Å². The van der Waals surface area contributed by atoms with Crippen LogP contribution in [-0.2, 0) is 19.1 Å². The van der Waals surface area contributed by atoms with Crippen molar-refractivity contribution < 1.29 is 19.1 Å². The monoisotopic (exact) mass is 270 g/mol. The van der Waals surface area contributed by atoms with Crippen molar-refractivity contribution in [3.8, 4) is 0 Å². The normalized spacial score (nSPS) is 27.7. The third-order valence-electron chi connectivity index (χ3n) is 3.36. The molecule has 0 amide bonds. The molecule has 0 heterocycles. The Hall–Kier alpha value is -1.10. The number of carbonyl (C=O) groups excluding carboxylic acids is 2. The largest absolute Gasteiger partial charge is 0.469 e. The van der Waals surface area contributed by atoms with Crippen LogP contribution < -0.4 is 0 Å². The van der Waals surface area contributed by atoms with E-state index in [2.05, 4.69) is 25.7 Å². The summed E-state index contributed by atoms with van der Waals surface area (Å²) in [5, 5.41) is 0. The van der Waals surface area contributed by atoms with Crippen LogP contribution in [0.3, 0.4) is 0 Å². The smallest absolute Gasteiger partial charge is 0.312 e. The number of allylic oxidation sites excluding steroid dienone is 1. The Balaban J connectivity index is 2.91. The Bertz CT molecular complexity index is 356. The van der Waals surface area contributed by atoms with Crippen molar-refractivity contribution in [2.45, 2.75) is 44.6 Å². The third-order valence-corrected chi connectivity index (χ3v) is 6.01. The summed E-state index contributed by atoms with van der Waals surface area (Å²) in [4.78, 5) is 22.8. The quantitative estimate of drug-likeness (QED) is 0.449. The van der Waals surface area contributed by atoms with Crippen LogP contribution >= 0.6 is 0 Å². The summed E-state index contributed by atoms with van der Waals surface area (Å²) < 4.78 is 9.99. The lowest BCUT2D eigenvalue weighted by Gasteiger charge is -2.35. The topological polar surface area (TPSA) is 52.6 Å². The van der Waals surface area contributed by atoms with Gasteiger partial charge < -0.3 is 9.47 Å². The van der Waals surface area contributed by atoms with Gasteiger partial charge in [-0.3, -0.25) is 9.59 Å². The van der Waals surface area contributed by atoms with Crippen LogP contribution in [0.1, 0.15) is 13.3 Å². The van der Waals surface area contributed by atoms with Gasteiger partial charge in [0.2, 0.25) is 0 Å². The maximum atomic E-state index is 11.8. The van der Waals surface area contributed by atoms with Gasteiger partial charge in [-0.25, -0.2) is 0 Å². The van der Waals surface area contributed by atoms with Crippen LogP contribution in [0.2, 0.25) is 25.2 Å². The average molecular weight is 270 g/mol. The van der Waals surface area contributed by atoms with Crippen LogP contribution in [0.25, 0.3) is 0 Å². The molecule has 0 N–H and O–H groups in total. The molecule has 0 aromatic heterocycles. The van der Waals surface area contributed by atoms with Crippen LogP contribution in [0, 0.1) is 5.92 Å². The number of carbonyl (C=O) groups is 2. The number of rotatable bonds is 3. The number of esters is 2. The fraction of sp³-hybridized carbons (Fsp3) is 0.692. The first-order valence-electron chi connectivity index (χ1n) is 6.19. The van der Waals surface area contributed by atoms with E-state index >= 15 is 0 Å². The minimum Gasteiger partial charge on any atom is -0.469 e. The maximum absolute atomic E-state index is 11.8. The molecule has 0 bridgehead atoms. The summed E-state index contributed by atoms with van der Waals surface area (Å²) in [5.41, 5.74) is 0.411. The van der Waals surface area contributed by atoms with E-state index in [-0.39, 0.29) is 17.9 Å². The second kappa shape index (κ2) is 5.69. The van der Waals surface area contributed by atoms with Crippen LogP contribution in [-0.4, -0.2) is 33.2 Å². The number of hydrogen-bond donors (Lipinski definition) is 0. The predicted octanol–water partition coefficient (Wildman–Crippen LogP) is 2.38. The molecule has 1 aliphatic carbocycles. The highest BCUT2D eigenvalue weighted by Gasteiger charge is 2.39. The summed E-state index contributed by atoms with van der Waals surface area (Å²) in [7, 11) is 0.00863. The van der Waals surface area contributed by atoms with E-state index in [0.29, 0.717) is 12.0 Å². The molecule has 3 atom stereocenters. The van der Waals surface area contributed by atoms with Crippen molar-refractivity contribution >= 4 is 20.0 Å². The summed E-state index contributed by atoms with van der Waals surface area (Å²) in [6.07, 6.45) is 4.16. The molecule has 0 spiro atoms. The summed E-state index contributed by atoms with van der Waals surface area (Å²) in [5.74, 6) is -1.04. The van der Waals surface area contributed by atoms with E-state index in [4.69, 9.17) is 9.47 Å². The van der Waals surface area contributed by atoms with Gasteiger partial charge in [-0.15, -0.1) is 0 Å². The van der Waals surface area contributed by atoms with Gasteiger partial charge in [0.1, 0.15) is 6.10 Å². The second-order valence-electron chi connectivity index (χ2n) is 5.80. The fourth-order valence-electron chi connectivity index (χ4n) is 2.20. The van der Waals surface area contributed by atoms with E-state index in [9.17, 15) is 9.59 Å². The van der Waals surface area contributed by atoms with Gasteiger partial charge in [0.15, 0.2) is 0 Å². The maximum Gasteiger partial charge on any atom is 0.312 e. The predicted molar refractivity (Wildman–Crippen MR) is 71.9 cm³/mol. The van der Waals surface area contributed by atoms with E-state index < -0.39 is 14.2 Å². The zero-order valence-corrected chi connectivity index (χ0v) is 12.7. The van der Waals surface area contributed by atoms with Gasteiger partial charge in [-0.2, -0.15) is 0 Å². The summed E-state index contributed by atoms with van der Waals surface area (Å²) >= 11 is 0. The molecule has 1 aliphatic rings. The van der Waals surface area contributed by atoms with E-state index in [1.54, 1.807) is 0 Å². The fourth-order valence-corrected chi connectivity index (χ4v) is 3.85. The van der Waals surface area contributed by atoms with Gasteiger partial charge in [0.05, 0.1) is 21.1 Å². The Morgan fingerprint density at radius 3 is 2.28 bits per heavy atom. The first-order chi connectivity index (χ1) is 8.25. The lowest BCUT2D eigenvalue weighted by Crippen LogP contribution is -2.39. The van der Waals surface area contributed by atoms with Gasteiger partial charge in [-0.05, 0) is 18.0 Å². The first kappa shape index (κ1) is 15.0. The minimum absolute atomic E-state index is 0.297. The van der Waals surface area contributed by atoms with Gasteiger partial charge >= 0.3 is 11.9 Å². The highest BCUT2D eigenvalue weighted by Crippen LogP contribution is 2.37. The molecule has 5 heteroatoms. The molecule has 18 heavy (non-hydrogen) atoms. The van der Waals surface area contributed by atoms with E-state index in [0.717, 1.165) is 0 Å². The number of methoxy groups -OCH3 is 1. The Morgan fingerprint density at radius 2 is 1.83 bits per heavy atom. The van der Waals surface area contributed by atoms with Crippen molar-refractivity contribution in [1.82, 2.24) is 0 Å². The van der Waals surface area contributed by atoms with Crippen molar-refractivity contribution in [1.29, 1.82) is 0 Å². The molecule has 0 saturated heterocycles. The molecule has 0 unspecified atom stereocenters. The average Bonchev–Trinajstić information content (AvgIpc) is 2.26. The Kier molecular flexibility index (Phi) is 4.73. The molecule has 1 rings (SSSR count). The van der Waals surface area contributed by atoms with Crippen molar-refractivity contribution in [3.05, 3.63) is 12.2 Å². The number of ether oxygens (including phenoxy) is 2. The van der Waals surface area contributed by atoms with Crippen LogP contribution in [0.15, 0.2) is 12.2 Å². The zero-order valence-electron chi connectivity index (χ0n) is 11.7. The van der Waals surface area contributed by atoms with Gasteiger partial charge in [0, 0.05) is 6.92 Å². The highest BCUT2D eigenvalue weighted by atomic mass is 28.3. The highest BCUT2D eigenvalue weighted by molar-refractivity contribution is 6.78. The molecule has 0 aromatic carbocycles. The lowest BCUT2D eigenvalue weighted by atomic mass is 9.91. The molecular weight excluding hydrogens is 248 g/mol. The molecule has 0 fully saturated rings. The van der Waals surface area contributed by atoms with Crippen molar-refractivity contribution in [2.75, 3.05) is 7.11 Å². The molecule has 0 aliphatic heterocycles. The molecule has 0 saturated carbocycles. The molecule has 0 radical (unpaired) electrons. The zero-order chi connectivity index (χ0) is 13.9. The SMILES string of the molecule is COC(=O)[C@H]1C[C@@H]([Si](C)(C)C)C=C[C@H]1OC(C)=O. The molecule has 0 aromatic rings. The van der Waals surface area contributed by atoms with Crippen molar-refractivity contribution in [3.63, 3.8) is 0 Å². The van der Waals surface area contributed by atoms with Crippen molar-refractivity contribution in [2.24, 2.45) is 5.92 Å². The third kappa shape index (κ3) is 3.70. The number of hydrogen-bond acceptors (Lipinski definition) is 4. The van der Waals surface area contributed by atoms with Gasteiger partial charge in [0.25, 0.3) is 0 Å². The van der Waals surface area contributed by atoms with Crippen LogP contribution in [0.5, 0.6) is 0 Å². The molecule has 4 nitrogen and oxygen atoms in total. The lowest BCUT2D eigenvalue weighted by molar-refractivity contribution is -0.156. The standard InChI is InChI=1S/C13H22O4Si/c1-9(14)17-12-7-6-10(18(3,4)5)8-11(12)13(15)16-2/h6-7,10-12H,8H2,1-5H3/t10-,11-,12+/m0/s1. The van der Waals surface area contributed by atoms with E-state index in [1.807, 2.05) is 6.08 Å². The van der Waals surface area contributed by atoms with Gasteiger partial charge in [-0.1, -0.05) is 25.7 Å². The second-order valence-corrected chi connectivity index (χ2v) is 11.3. The molecular formula is C13H22O4Si. The Morgan fingerprint density at radius 1 is 1.22 bits per heavy atom.